The first-order valence-corrected chi connectivity index (χ1v) is 7.75. The van der Waals surface area contributed by atoms with Crippen LogP contribution in [0.5, 0.6) is 5.75 Å². The zero-order valence-corrected chi connectivity index (χ0v) is 11.8. The van der Waals surface area contributed by atoms with E-state index >= 15 is 0 Å². The van der Waals surface area contributed by atoms with E-state index in [-0.39, 0.29) is 17.3 Å². The Labute approximate surface area is 122 Å². The third-order valence-corrected chi connectivity index (χ3v) is 3.57. The quantitative estimate of drug-likeness (QED) is 0.803. The van der Waals surface area contributed by atoms with Gasteiger partial charge in [-0.15, -0.1) is 13.2 Å². The van der Waals surface area contributed by atoms with Crippen LogP contribution in [0.3, 0.4) is 0 Å². The van der Waals surface area contributed by atoms with Crippen LogP contribution in [0.2, 0.25) is 0 Å². The third-order valence-electron chi connectivity index (χ3n) is 2.38. The van der Waals surface area contributed by atoms with Crippen molar-refractivity contribution in [2.24, 2.45) is 0 Å². The molecule has 2 rings (SSSR count). The lowest BCUT2D eigenvalue weighted by atomic mass is 10.2. The summed E-state index contributed by atoms with van der Waals surface area (Å²) in [5, 5.41) is -0.291. The van der Waals surface area contributed by atoms with Crippen LogP contribution >= 0.6 is 10.7 Å². The second kappa shape index (κ2) is 5.57. The second-order valence-corrected chi connectivity index (χ2v) is 6.53. The summed E-state index contributed by atoms with van der Waals surface area (Å²) in [7, 11) is 1.22. The highest BCUT2D eigenvalue weighted by Gasteiger charge is 2.30. The summed E-state index contributed by atoms with van der Waals surface area (Å²) < 4.78 is 63.3. The number of benzene rings is 1. The van der Waals surface area contributed by atoms with Crippen molar-refractivity contribution in [1.82, 2.24) is 9.55 Å². The minimum Gasteiger partial charge on any atom is -0.406 e. The van der Waals surface area contributed by atoms with Gasteiger partial charge in [-0.05, 0) is 17.7 Å². The summed E-state index contributed by atoms with van der Waals surface area (Å²) in [5.74, 6) is -0.332. The summed E-state index contributed by atoms with van der Waals surface area (Å²) in [6, 6.07) is 5.18. The van der Waals surface area contributed by atoms with Gasteiger partial charge in [0.25, 0.3) is 9.05 Å². The maximum Gasteiger partial charge on any atom is 0.573 e. The van der Waals surface area contributed by atoms with E-state index in [0.717, 1.165) is 0 Å². The Morgan fingerprint density at radius 2 is 1.86 bits per heavy atom. The average molecular weight is 341 g/mol. The van der Waals surface area contributed by atoms with Gasteiger partial charge in [-0.25, -0.2) is 13.4 Å². The van der Waals surface area contributed by atoms with Gasteiger partial charge in [0.15, 0.2) is 5.03 Å². The molecule has 2 aromatic rings. The molecular formula is C11H8ClF3N2O3S. The van der Waals surface area contributed by atoms with Gasteiger partial charge in [0, 0.05) is 23.4 Å². The number of ether oxygens (including phenoxy) is 1. The van der Waals surface area contributed by atoms with E-state index in [1.54, 1.807) is 0 Å². The number of rotatable bonds is 4. The van der Waals surface area contributed by atoms with Crippen molar-refractivity contribution < 1.29 is 26.3 Å². The van der Waals surface area contributed by atoms with Gasteiger partial charge in [-0.2, -0.15) is 0 Å². The zero-order chi connectivity index (χ0) is 15.7. The minimum atomic E-state index is -4.74. The van der Waals surface area contributed by atoms with E-state index in [2.05, 4.69) is 9.72 Å². The molecule has 0 aliphatic carbocycles. The van der Waals surface area contributed by atoms with Gasteiger partial charge < -0.3 is 9.30 Å². The number of halogens is 4. The Balaban J connectivity index is 2.09. The Morgan fingerprint density at radius 3 is 2.33 bits per heavy atom. The molecule has 0 saturated heterocycles. The Hall–Kier alpha value is -1.74. The normalized spacial score (nSPS) is 12.4. The fourth-order valence-electron chi connectivity index (χ4n) is 1.56. The Kier molecular flexibility index (Phi) is 4.15. The number of nitrogens with zero attached hydrogens (tertiary/aromatic N) is 2. The van der Waals surface area contributed by atoms with Gasteiger partial charge in [-0.3, -0.25) is 0 Å². The van der Waals surface area contributed by atoms with Gasteiger partial charge in [-0.1, -0.05) is 12.1 Å². The maximum absolute atomic E-state index is 12.0. The predicted octanol–water partition coefficient (Wildman–Crippen LogP) is 2.76. The number of alkyl halides is 3. The average Bonchev–Trinajstić information content (AvgIpc) is 2.78. The van der Waals surface area contributed by atoms with Crippen molar-refractivity contribution in [3.05, 3.63) is 42.4 Å². The number of hydrogen-bond acceptors (Lipinski definition) is 4. The summed E-state index contributed by atoms with van der Waals surface area (Å²) in [6.45, 7) is 0.228. The van der Waals surface area contributed by atoms with E-state index in [1.807, 2.05) is 0 Å². The molecule has 1 heterocycles. The molecule has 0 unspecified atom stereocenters. The van der Waals surface area contributed by atoms with E-state index in [9.17, 15) is 21.6 Å². The smallest absolute Gasteiger partial charge is 0.406 e. The molecule has 0 spiro atoms. The van der Waals surface area contributed by atoms with Crippen molar-refractivity contribution in [3.8, 4) is 5.75 Å². The third kappa shape index (κ3) is 4.64. The first kappa shape index (κ1) is 15.6. The van der Waals surface area contributed by atoms with Crippen LogP contribution in [0.1, 0.15) is 5.56 Å². The molecule has 10 heteroatoms. The van der Waals surface area contributed by atoms with Crippen LogP contribution in [-0.4, -0.2) is 24.3 Å². The Morgan fingerprint density at radius 1 is 1.24 bits per heavy atom. The first-order valence-electron chi connectivity index (χ1n) is 5.44. The molecule has 0 aliphatic rings. The fraction of sp³-hybridized carbons (Fsp3) is 0.182. The molecular weight excluding hydrogens is 333 g/mol. The van der Waals surface area contributed by atoms with Crippen LogP contribution in [0.25, 0.3) is 0 Å². The molecule has 1 aromatic heterocycles. The summed E-state index contributed by atoms with van der Waals surface area (Å²) in [4.78, 5) is 3.62. The fourth-order valence-corrected chi connectivity index (χ4v) is 2.23. The molecule has 114 valence electrons. The molecule has 0 aliphatic heterocycles. The molecule has 0 fully saturated rings. The van der Waals surface area contributed by atoms with E-state index in [0.29, 0.717) is 5.56 Å². The van der Waals surface area contributed by atoms with Crippen LogP contribution in [0, 0.1) is 0 Å². The summed E-state index contributed by atoms with van der Waals surface area (Å²) in [6.07, 6.45) is -2.26. The number of imidazole rings is 1. The monoisotopic (exact) mass is 340 g/mol. The molecule has 0 radical (unpaired) electrons. The molecule has 0 amide bonds. The minimum absolute atomic E-state index is 0.228. The molecule has 0 N–H and O–H groups in total. The van der Waals surface area contributed by atoms with Crippen molar-refractivity contribution >= 4 is 19.7 Å². The standard InChI is InChI=1S/C11H8ClF3N2O3S/c12-21(18,19)10-6-17(7-16-10)5-8-1-3-9(4-2-8)20-11(13,14)15/h1-4,6-7H,5H2. The van der Waals surface area contributed by atoms with Crippen molar-refractivity contribution in [2.45, 2.75) is 17.9 Å². The lowest BCUT2D eigenvalue weighted by molar-refractivity contribution is -0.274. The van der Waals surface area contributed by atoms with Crippen LogP contribution in [0.4, 0.5) is 13.2 Å². The SMILES string of the molecule is O=S(=O)(Cl)c1cn(Cc2ccc(OC(F)(F)F)cc2)cn1. The highest BCUT2D eigenvalue weighted by atomic mass is 35.7. The van der Waals surface area contributed by atoms with Gasteiger partial charge in [0.05, 0.1) is 6.33 Å². The lowest BCUT2D eigenvalue weighted by Crippen LogP contribution is -2.17. The Bertz CT molecular complexity index is 726. The first-order chi connectivity index (χ1) is 9.63. The number of hydrogen-bond donors (Lipinski definition) is 0. The summed E-state index contributed by atoms with van der Waals surface area (Å²) >= 11 is 0. The van der Waals surface area contributed by atoms with E-state index in [1.165, 1.54) is 41.4 Å². The zero-order valence-electron chi connectivity index (χ0n) is 10.2. The van der Waals surface area contributed by atoms with Gasteiger partial charge in [0.2, 0.25) is 0 Å². The molecule has 1 aromatic carbocycles. The van der Waals surface area contributed by atoms with Gasteiger partial charge >= 0.3 is 6.36 Å². The van der Waals surface area contributed by atoms with Crippen molar-refractivity contribution in [1.29, 1.82) is 0 Å². The molecule has 0 atom stereocenters. The molecule has 0 saturated carbocycles. The van der Waals surface area contributed by atoms with Crippen LogP contribution < -0.4 is 4.74 Å². The maximum atomic E-state index is 12.0. The predicted molar refractivity (Wildman–Crippen MR) is 67.5 cm³/mol. The van der Waals surface area contributed by atoms with Crippen molar-refractivity contribution in [3.63, 3.8) is 0 Å². The molecule has 5 nitrogen and oxygen atoms in total. The number of aromatic nitrogens is 2. The largest absolute Gasteiger partial charge is 0.573 e. The topological polar surface area (TPSA) is 61.2 Å². The highest BCUT2D eigenvalue weighted by molar-refractivity contribution is 8.13. The van der Waals surface area contributed by atoms with Crippen LogP contribution in [0.15, 0.2) is 41.8 Å². The van der Waals surface area contributed by atoms with E-state index in [4.69, 9.17) is 10.7 Å². The van der Waals surface area contributed by atoms with Gasteiger partial charge in [0.1, 0.15) is 5.75 Å². The second-order valence-electron chi connectivity index (χ2n) is 4.01. The highest BCUT2D eigenvalue weighted by Crippen LogP contribution is 2.23. The molecule has 21 heavy (non-hydrogen) atoms. The van der Waals surface area contributed by atoms with Crippen LogP contribution in [-0.2, 0) is 15.6 Å². The summed E-state index contributed by atoms with van der Waals surface area (Å²) in [5.41, 5.74) is 0.639. The van der Waals surface area contributed by atoms with E-state index < -0.39 is 15.4 Å². The lowest BCUT2D eigenvalue weighted by Gasteiger charge is -2.09. The van der Waals surface area contributed by atoms with Crippen molar-refractivity contribution in [2.75, 3.05) is 0 Å². The molecule has 0 bridgehead atoms.